The Hall–Kier alpha value is -0.570. The molecule has 5 heteroatoms. The summed E-state index contributed by atoms with van der Waals surface area (Å²) in [6.45, 7) is 9.48. The van der Waals surface area contributed by atoms with Crippen molar-refractivity contribution < 1.29 is 51.0 Å². The quantitative estimate of drug-likeness (QED) is 0.237. The molecule has 4 aromatic rings. The zero-order valence-corrected chi connectivity index (χ0v) is 22.8. The summed E-state index contributed by atoms with van der Waals surface area (Å²) in [6, 6.07) is 17.4. The van der Waals surface area contributed by atoms with Crippen molar-refractivity contribution in [3.63, 3.8) is 0 Å². The van der Waals surface area contributed by atoms with Gasteiger partial charge in [0.1, 0.15) is 0 Å². The molecule has 3 heterocycles. The Morgan fingerprint density at radius 1 is 0.931 bits per heavy atom. The Morgan fingerprint density at radius 3 is 2.34 bits per heavy atom. The van der Waals surface area contributed by atoms with E-state index < -0.39 is 8.07 Å². The van der Waals surface area contributed by atoms with Crippen molar-refractivity contribution in [3.8, 4) is 0 Å². The fourth-order valence-electron chi connectivity index (χ4n) is 5.29. The van der Waals surface area contributed by atoms with Crippen LogP contribution in [0.4, 0.5) is 0 Å². The van der Waals surface area contributed by atoms with Crippen LogP contribution in [0.2, 0.25) is 13.1 Å². The SMILES string of the molecule is CC1=C2c3cscc3C1[Si]2(C)C.Cc1cc2c(ccc3ccccc32)[cH-]1.[Cl-].[Cl-].[Zr+3]. The summed E-state index contributed by atoms with van der Waals surface area (Å²) in [4.78, 5) is 0. The Balaban J connectivity index is 0.000000189. The van der Waals surface area contributed by atoms with Crippen molar-refractivity contribution in [2.75, 3.05) is 0 Å². The van der Waals surface area contributed by atoms with E-state index in [4.69, 9.17) is 0 Å². The summed E-state index contributed by atoms with van der Waals surface area (Å²) in [7, 11) is -0.976. The van der Waals surface area contributed by atoms with Gasteiger partial charge in [-0.05, 0) is 34.2 Å². The Labute approximate surface area is 209 Å². The molecule has 1 aromatic heterocycles. The third kappa shape index (κ3) is 3.68. The molecule has 147 valence electrons. The van der Waals surface area contributed by atoms with Gasteiger partial charge >= 0.3 is 26.2 Å². The van der Waals surface area contributed by atoms with E-state index in [0.717, 1.165) is 5.54 Å². The van der Waals surface area contributed by atoms with Crippen molar-refractivity contribution in [1.29, 1.82) is 0 Å². The van der Waals surface area contributed by atoms with E-state index in [2.05, 4.69) is 86.2 Å². The average Bonchev–Trinajstić information content (AvgIpc) is 3.31. The first-order valence-electron chi connectivity index (χ1n) is 9.31. The summed E-state index contributed by atoms with van der Waals surface area (Å²) in [5.41, 5.74) is 7.18. The smallest absolute Gasteiger partial charge is 1.00 e. The van der Waals surface area contributed by atoms with Gasteiger partial charge in [0.15, 0.2) is 0 Å². The fourth-order valence-corrected chi connectivity index (χ4v) is 10.8. The van der Waals surface area contributed by atoms with Gasteiger partial charge in [-0.1, -0.05) is 66.5 Å². The van der Waals surface area contributed by atoms with Crippen LogP contribution in [0.15, 0.2) is 64.9 Å². The van der Waals surface area contributed by atoms with Crippen molar-refractivity contribution in [2.24, 2.45) is 0 Å². The van der Waals surface area contributed by atoms with Gasteiger partial charge in [0.2, 0.25) is 0 Å². The van der Waals surface area contributed by atoms with E-state index in [1.165, 1.54) is 27.1 Å². The first-order valence-corrected chi connectivity index (χ1v) is 13.3. The third-order valence-corrected chi connectivity index (χ3v) is 11.1. The van der Waals surface area contributed by atoms with Crippen molar-refractivity contribution in [1.82, 2.24) is 0 Å². The van der Waals surface area contributed by atoms with Crippen LogP contribution < -0.4 is 24.8 Å². The molecule has 7 rings (SSSR count). The Morgan fingerprint density at radius 2 is 1.66 bits per heavy atom. The van der Waals surface area contributed by atoms with Gasteiger partial charge in [-0.2, -0.15) is 17.4 Å². The van der Waals surface area contributed by atoms with Crippen LogP contribution in [0.25, 0.3) is 26.7 Å². The molecule has 2 bridgehead atoms. The predicted molar refractivity (Wildman–Crippen MR) is 119 cm³/mol. The number of allylic oxidation sites excluding steroid dienone is 1. The number of hydrogen-bond acceptors (Lipinski definition) is 1. The minimum Gasteiger partial charge on any atom is -1.00 e. The molecule has 1 radical (unpaired) electrons. The van der Waals surface area contributed by atoms with Crippen LogP contribution in [-0.4, -0.2) is 8.07 Å². The molecule has 1 aliphatic carbocycles. The number of benzene rings is 2. The molecule has 29 heavy (non-hydrogen) atoms. The number of thiophene rings is 1. The summed E-state index contributed by atoms with van der Waals surface area (Å²) in [5.74, 6) is 0. The molecule has 0 nitrogen and oxygen atoms in total. The van der Waals surface area contributed by atoms with E-state index in [0.29, 0.717) is 0 Å². The molecular weight excluding hydrogens is 511 g/mol. The molecule has 0 amide bonds. The predicted octanol–water partition coefficient (Wildman–Crippen LogP) is 1.45. The van der Waals surface area contributed by atoms with Gasteiger partial charge in [0.05, 0.1) is 8.07 Å². The van der Waals surface area contributed by atoms with E-state index in [1.807, 2.05) is 11.3 Å². The second-order valence-corrected chi connectivity index (χ2v) is 13.5. The van der Waals surface area contributed by atoms with Crippen LogP contribution in [0.5, 0.6) is 0 Å². The molecule has 2 aliphatic heterocycles. The van der Waals surface area contributed by atoms with Gasteiger partial charge in [0, 0.05) is 5.54 Å². The van der Waals surface area contributed by atoms with Crippen molar-refractivity contribution in [2.45, 2.75) is 32.5 Å². The van der Waals surface area contributed by atoms with Crippen LogP contribution >= 0.6 is 11.3 Å². The average molecular weight is 534 g/mol. The number of aryl methyl sites for hydroxylation is 1. The molecule has 0 saturated carbocycles. The molecule has 0 saturated heterocycles. The summed E-state index contributed by atoms with van der Waals surface area (Å²) < 4.78 is 0. The van der Waals surface area contributed by atoms with Gasteiger partial charge in [-0.15, -0.1) is 28.5 Å². The van der Waals surface area contributed by atoms with E-state index in [1.54, 1.807) is 21.9 Å². The van der Waals surface area contributed by atoms with Gasteiger partial charge in [-0.25, -0.2) is 0 Å². The zero-order chi connectivity index (χ0) is 18.1. The Kier molecular flexibility index (Phi) is 7.57. The molecular formula is C24H23Cl2SSiZr. The summed E-state index contributed by atoms with van der Waals surface area (Å²) in [6.07, 6.45) is 0. The van der Waals surface area contributed by atoms with Crippen LogP contribution in [0, 0.1) is 6.92 Å². The molecule has 0 fully saturated rings. The number of rotatable bonds is 0. The van der Waals surface area contributed by atoms with E-state index in [9.17, 15) is 0 Å². The van der Waals surface area contributed by atoms with Gasteiger partial charge in [-0.3, -0.25) is 0 Å². The van der Waals surface area contributed by atoms with Gasteiger partial charge < -0.3 is 24.8 Å². The maximum Gasteiger partial charge on any atom is 3.00 e. The maximum atomic E-state index is 2.50. The minimum absolute atomic E-state index is 0. The minimum atomic E-state index is -0.976. The van der Waals surface area contributed by atoms with Crippen LogP contribution in [0.3, 0.4) is 0 Å². The topological polar surface area (TPSA) is 0 Å². The standard InChI is InChI=1S/C14H11.C10H12SSi.2ClH.Zr/c1-10-8-12-7-6-11-4-2-3-5-13(11)14(12)9-10;1-6-9-7-4-11-5-8(7)10(6)12(9,2)3;;;/h2-9H,1H3;4-5,9H,1-3H3;2*1H;/q-1;;;;+3/p-2. The Bertz CT molecular complexity index is 1200. The fraction of sp³-hybridized carbons (Fsp3) is 0.208. The number of hydrogen-bond donors (Lipinski definition) is 0. The molecule has 0 spiro atoms. The normalized spacial score (nSPS) is 17.3. The first kappa shape index (κ1) is 24.7. The molecule has 3 aliphatic rings. The van der Waals surface area contributed by atoms with E-state index in [-0.39, 0.29) is 51.0 Å². The summed E-state index contributed by atoms with van der Waals surface area (Å²) in [5, 5.41) is 11.9. The van der Waals surface area contributed by atoms with Crippen molar-refractivity contribution in [3.05, 3.63) is 81.6 Å². The third-order valence-electron chi connectivity index (χ3n) is 6.23. The second-order valence-electron chi connectivity index (χ2n) is 8.28. The number of halogens is 2. The molecule has 0 N–H and O–H groups in total. The van der Waals surface area contributed by atoms with Gasteiger partial charge in [0.25, 0.3) is 0 Å². The van der Waals surface area contributed by atoms with Crippen molar-refractivity contribution >= 4 is 46.2 Å². The maximum absolute atomic E-state index is 2.50. The largest absolute Gasteiger partial charge is 3.00 e. The monoisotopic (exact) mass is 531 g/mol. The van der Waals surface area contributed by atoms with Crippen LogP contribution in [-0.2, 0) is 26.2 Å². The first-order chi connectivity index (χ1) is 12.5. The molecule has 1 unspecified atom stereocenters. The van der Waals surface area contributed by atoms with E-state index >= 15 is 0 Å². The number of fused-ring (bicyclic) bond motifs is 3. The van der Waals surface area contributed by atoms with Crippen LogP contribution in [0.1, 0.15) is 29.2 Å². The molecule has 3 aromatic carbocycles. The second kappa shape index (κ2) is 8.89. The molecule has 1 atom stereocenters. The zero-order valence-electron chi connectivity index (χ0n) is 17.0. The summed E-state index contributed by atoms with van der Waals surface area (Å²) >= 11 is 1.87.